The summed E-state index contributed by atoms with van der Waals surface area (Å²) < 4.78 is 42.3. The van der Waals surface area contributed by atoms with Gasteiger partial charge in [-0.25, -0.2) is 4.79 Å². The van der Waals surface area contributed by atoms with Crippen molar-refractivity contribution in [1.29, 1.82) is 0 Å². The molecule has 198 valence electrons. The van der Waals surface area contributed by atoms with Gasteiger partial charge in [0.15, 0.2) is 6.10 Å². The summed E-state index contributed by atoms with van der Waals surface area (Å²) in [7, 11) is 0. The van der Waals surface area contributed by atoms with Crippen molar-refractivity contribution in [3.8, 4) is 0 Å². The first-order chi connectivity index (χ1) is 18.0. The lowest BCUT2D eigenvalue weighted by atomic mass is 9.94. The number of aliphatic hydroxyl groups excluding tert-OH is 1. The smallest absolute Gasteiger partial charge is 0.381 e. The van der Waals surface area contributed by atoms with E-state index < -0.39 is 24.9 Å². The molecule has 0 fully saturated rings. The van der Waals surface area contributed by atoms with Gasteiger partial charge in [0.2, 0.25) is 5.84 Å². The van der Waals surface area contributed by atoms with E-state index in [1.807, 2.05) is 18.2 Å². The van der Waals surface area contributed by atoms with Crippen molar-refractivity contribution in [2.75, 3.05) is 6.54 Å². The number of carbonyl (C=O) groups is 2. The summed E-state index contributed by atoms with van der Waals surface area (Å²) in [5, 5.41) is 15.3. The predicted molar refractivity (Wildman–Crippen MR) is 134 cm³/mol. The van der Waals surface area contributed by atoms with Crippen molar-refractivity contribution in [1.82, 2.24) is 14.7 Å². The third-order valence-electron chi connectivity index (χ3n) is 6.66. The number of fused-ring (bicyclic) bond motifs is 1. The maximum atomic E-state index is 13.1. The summed E-state index contributed by atoms with van der Waals surface area (Å²) in [6.45, 7) is -0.632. The second kappa shape index (κ2) is 10.2. The Labute approximate surface area is 225 Å². The SMILES string of the molecule is O=C1CCc2c(C[N+]3=C(c4ccc(Cl)cc4)N(C[C@H](O)C(F)(F)F)C3=O)nn(Cc3ccccc3Cl)c2C1. The summed E-state index contributed by atoms with van der Waals surface area (Å²) in [4.78, 5) is 26.2. The number of halogens is 5. The zero-order valence-electron chi connectivity index (χ0n) is 19.9. The number of benzene rings is 2. The van der Waals surface area contributed by atoms with Gasteiger partial charge in [-0.3, -0.25) is 9.48 Å². The standard InChI is InChI=1S/C26H22Cl2F3N4O3/c27-17-7-5-15(6-8-17)24-33(25(38)34(24)14-23(37)26(29,30)31)13-21-19-10-9-18(36)11-22(19)35(32-21)12-16-3-1-2-4-20(16)28/h1-8,23,37H,9-14H2/q+1/t23-/m0/s1. The van der Waals surface area contributed by atoms with E-state index in [2.05, 4.69) is 0 Å². The van der Waals surface area contributed by atoms with Gasteiger partial charge in [-0.05, 0) is 42.3 Å². The highest BCUT2D eigenvalue weighted by Gasteiger charge is 2.50. The molecule has 5 rings (SSSR count). The Bertz CT molecular complexity index is 1450. The van der Waals surface area contributed by atoms with Gasteiger partial charge in [0.05, 0.1) is 6.54 Å². The molecular formula is C26H22Cl2F3N4O3+. The van der Waals surface area contributed by atoms with Crippen LogP contribution in [0.1, 0.15) is 34.5 Å². The molecule has 38 heavy (non-hydrogen) atoms. The molecule has 0 spiro atoms. The minimum Gasteiger partial charge on any atom is -0.381 e. The fourth-order valence-corrected chi connectivity index (χ4v) is 5.05. The minimum absolute atomic E-state index is 0.0124. The van der Waals surface area contributed by atoms with Gasteiger partial charge in [0, 0.05) is 39.7 Å². The van der Waals surface area contributed by atoms with Gasteiger partial charge >= 0.3 is 12.2 Å². The summed E-state index contributed by atoms with van der Waals surface area (Å²) in [6, 6.07) is 12.9. The van der Waals surface area contributed by atoms with Gasteiger partial charge in [0.25, 0.3) is 0 Å². The van der Waals surface area contributed by atoms with Gasteiger partial charge in [0.1, 0.15) is 24.6 Å². The van der Waals surface area contributed by atoms with Crippen molar-refractivity contribution in [3.63, 3.8) is 0 Å². The Kier molecular flexibility index (Phi) is 7.06. The van der Waals surface area contributed by atoms with Crippen molar-refractivity contribution >= 4 is 40.9 Å². The maximum Gasteiger partial charge on any atom is 0.446 e. The van der Waals surface area contributed by atoms with Crippen LogP contribution in [-0.2, 0) is 30.7 Å². The first kappa shape index (κ1) is 26.4. The number of urea groups is 1. The molecule has 2 heterocycles. The lowest BCUT2D eigenvalue weighted by Crippen LogP contribution is -2.60. The van der Waals surface area contributed by atoms with E-state index in [4.69, 9.17) is 28.3 Å². The maximum absolute atomic E-state index is 13.1. The number of Topliss-reactive ketones (excluding diaryl/α,β-unsaturated/α-hetero) is 1. The first-order valence-corrected chi connectivity index (χ1v) is 12.6. The van der Waals surface area contributed by atoms with Crippen LogP contribution >= 0.6 is 23.2 Å². The number of aromatic nitrogens is 2. The van der Waals surface area contributed by atoms with Crippen molar-refractivity contribution < 1.29 is 32.4 Å². The van der Waals surface area contributed by atoms with Crippen LogP contribution in [0.2, 0.25) is 10.0 Å². The molecule has 0 bridgehead atoms. The molecule has 0 radical (unpaired) electrons. The molecule has 0 unspecified atom stereocenters. The quantitative estimate of drug-likeness (QED) is 0.424. The van der Waals surface area contributed by atoms with Gasteiger partial charge in [-0.1, -0.05) is 41.4 Å². The third-order valence-corrected chi connectivity index (χ3v) is 7.28. The molecule has 2 aliphatic rings. The lowest BCUT2D eigenvalue weighted by Gasteiger charge is -2.32. The van der Waals surface area contributed by atoms with Crippen LogP contribution in [0.5, 0.6) is 0 Å². The van der Waals surface area contributed by atoms with Crippen LogP contribution in [0.4, 0.5) is 18.0 Å². The minimum atomic E-state index is -4.88. The summed E-state index contributed by atoms with van der Waals surface area (Å²) in [6.07, 6.45) is -6.61. The highest BCUT2D eigenvalue weighted by atomic mass is 35.5. The van der Waals surface area contributed by atoms with Crippen LogP contribution in [0, 0.1) is 0 Å². The zero-order chi connectivity index (χ0) is 27.2. The topological polar surface area (TPSA) is 78.4 Å². The number of carbonyl (C=O) groups excluding carboxylic acids is 2. The molecule has 2 amide bonds. The van der Waals surface area contributed by atoms with E-state index in [1.54, 1.807) is 35.0 Å². The van der Waals surface area contributed by atoms with Crippen molar-refractivity contribution in [2.45, 2.75) is 44.6 Å². The molecule has 1 aliphatic carbocycles. The summed E-state index contributed by atoms with van der Waals surface area (Å²) in [5.74, 6) is 0.279. The average Bonchev–Trinajstić information content (AvgIpc) is 3.20. The number of nitrogens with zero attached hydrogens (tertiary/aromatic N) is 4. The molecule has 0 saturated carbocycles. The number of hydrogen-bond donors (Lipinski definition) is 1. The Hall–Kier alpha value is -3.21. The van der Waals surface area contributed by atoms with Crippen LogP contribution < -0.4 is 0 Å². The molecule has 0 saturated heterocycles. The summed E-state index contributed by atoms with van der Waals surface area (Å²) >= 11 is 12.3. The number of ketones is 1. The Morgan fingerprint density at radius 3 is 2.45 bits per heavy atom. The van der Waals surface area contributed by atoms with E-state index in [9.17, 15) is 27.9 Å². The van der Waals surface area contributed by atoms with Crippen LogP contribution in [0.25, 0.3) is 0 Å². The number of β-amino-alcohol motifs (C(OH)–C–C–N with tert-alkyl or cyclic N) is 1. The molecule has 1 aliphatic heterocycles. The van der Waals surface area contributed by atoms with E-state index in [0.29, 0.717) is 40.7 Å². The van der Waals surface area contributed by atoms with Crippen LogP contribution in [-0.4, -0.2) is 60.8 Å². The molecule has 7 nitrogen and oxygen atoms in total. The van der Waals surface area contributed by atoms with E-state index in [0.717, 1.165) is 21.7 Å². The number of amides is 2. The van der Waals surface area contributed by atoms with E-state index >= 15 is 0 Å². The zero-order valence-corrected chi connectivity index (χ0v) is 21.4. The fourth-order valence-electron chi connectivity index (χ4n) is 4.73. The number of hydrogen-bond acceptors (Lipinski definition) is 4. The Balaban J connectivity index is 1.53. The van der Waals surface area contributed by atoms with Crippen molar-refractivity contribution in [3.05, 3.63) is 86.7 Å². The first-order valence-electron chi connectivity index (χ1n) is 11.8. The molecule has 1 atom stereocenters. The Morgan fingerprint density at radius 1 is 1.05 bits per heavy atom. The lowest BCUT2D eigenvalue weighted by molar-refractivity contribution is -0.484. The normalized spacial score (nSPS) is 16.5. The Morgan fingerprint density at radius 2 is 1.76 bits per heavy atom. The number of amidine groups is 1. The van der Waals surface area contributed by atoms with Crippen LogP contribution in [0.3, 0.4) is 0 Å². The monoisotopic (exact) mass is 565 g/mol. The van der Waals surface area contributed by atoms with Gasteiger partial charge < -0.3 is 5.11 Å². The number of alkyl halides is 3. The van der Waals surface area contributed by atoms with E-state index in [-0.39, 0.29) is 24.6 Å². The molecule has 12 heteroatoms. The van der Waals surface area contributed by atoms with Crippen LogP contribution in [0.15, 0.2) is 48.5 Å². The van der Waals surface area contributed by atoms with Crippen molar-refractivity contribution in [2.24, 2.45) is 0 Å². The molecule has 1 aromatic heterocycles. The largest absolute Gasteiger partial charge is 0.446 e. The highest BCUT2D eigenvalue weighted by Crippen LogP contribution is 2.29. The average molecular weight is 566 g/mol. The fraction of sp³-hybridized carbons (Fsp3) is 0.308. The highest BCUT2D eigenvalue weighted by molar-refractivity contribution is 6.31. The van der Waals surface area contributed by atoms with Gasteiger partial charge in [-0.2, -0.15) is 27.7 Å². The second-order valence-corrected chi connectivity index (χ2v) is 10.0. The third kappa shape index (κ3) is 5.08. The molecule has 2 aromatic carbocycles. The summed E-state index contributed by atoms with van der Waals surface area (Å²) in [5.41, 5.74) is 3.40. The molecule has 1 N–H and O–H groups in total. The number of aliphatic hydroxyl groups is 1. The molecular weight excluding hydrogens is 544 g/mol. The second-order valence-electron chi connectivity index (χ2n) is 9.20. The van der Waals surface area contributed by atoms with Gasteiger partial charge in [-0.15, -0.1) is 0 Å². The van der Waals surface area contributed by atoms with E-state index in [1.165, 1.54) is 4.58 Å². The predicted octanol–water partition coefficient (Wildman–Crippen LogP) is 4.61. The number of rotatable bonds is 7. The molecule has 3 aromatic rings.